The minimum absolute atomic E-state index is 0.534. The Balaban J connectivity index is 2.17. The summed E-state index contributed by atoms with van der Waals surface area (Å²) in [7, 11) is 0. The van der Waals surface area contributed by atoms with Gasteiger partial charge in [0.25, 0.3) is 0 Å². The van der Waals surface area contributed by atoms with Crippen LogP contribution >= 0.6 is 0 Å². The van der Waals surface area contributed by atoms with Crippen LogP contribution in [0.1, 0.15) is 43.9 Å². The maximum Gasteiger partial charge on any atom is 0.106 e. The first-order valence-corrected chi connectivity index (χ1v) is 5.96. The fraction of sp³-hybridized carbons (Fsp3) is 0.750. The largest absolute Gasteiger partial charge is 0.332 e. The van der Waals surface area contributed by atoms with Gasteiger partial charge in [0.15, 0.2) is 0 Å². The molecule has 2 rings (SSSR count). The summed E-state index contributed by atoms with van der Waals surface area (Å²) in [5.74, 6) is 1.19. The Hall–Kier alpha value is -0.830. The van der Waals surface area contributed by atoms with Gasteiger partial charge >= 0.3 is 0 Å². The highest BCUT2D eigenvalue weighted by Crippen LogP contribution is 2.20. The van der Waals surface area contributed by atoms with Crippen LogP contribution in [-0.2, 0) is 19.5 Å². The van der Waals surface area contributed by atoms with E-state index in [0.717, 1.165) is 13.1 Å². The second-order valence-electron chi connectivity index (χ2n) is 4.70. The molecule has 1 aromatic heterocycles. The monoisotopic (exact) mass is 207 g/mol. The maximum atomic E-state index is 4.66. The minimum atomic E-state index is 0.534. The molecule has 3 nitrogen and oxygen atoms in total. The lowest BCUT2D eigenvalue weighted by molar-refractivity contribution is 0.514. The minimum Gasteiger partial charge on any atom is -0.332 e. The van der Waals surface area contributed by atoms with E-state index in [-0.39, 0.29) is 0 Å². The van der Waals surface area contributed by atoms with Gasteiger partial charge in [0.1, 0.15) is 5.82 Å². The van der Waals surface area contributed by atoms with Crippen molar-refractivity contribution in [1.29, 1.82) is 0 Å². The zero-order valence-electron chi connectivity index (χ0n) is 10.0. The van der Waals surface area contributed by atoms with E-state index in [0.29, 0.717) is 6.04 Å². The highest BCUT2D eigenvalue weighted by atomic mass is 15.1. The van der Waals surface area contributed by atoms with Gasteiger partial charge in [-0.25, -0.2) is 4.98 Å². The summed E-state index contributed by atoms with van der Waals surface area (Å²) >= 11 is 0. The van der Waals surface area contributed by atoms with E-state index in [2.05, 4.69) is 35.6 Å². The molecule has 2 heterocycles. The zero-order valence-corrected chi connectivity index (χ0v) is 10.0. The van der Waals surface area contributed by atoms with Crippen LogP contribution in [0.2, 0.25) is 0 Å². The van der Waals surface area contributed by atoms with Crippen LogP contribution in [-0.4, -0.2) is 15.6 Å². The van der Waals surface area contributed by atoms with Crippen LogP contribution in [0.25, 0.3) is 0 Å². The van der Waals surface area contributed by atoms with Crippen LogP contribution in [0.5, 0.6) is 0 Å². The van der Waals surface area contributed by atoms with Crippen molar-refractivity contribution in [2.45, 2.75) is 59.2 Å². The summed E-state index contributed by atoms with van der Waals surface area (Å²) in [4.78, 5) is 4.66. The molecule has 0 atom stereocenters. The molecule has 15 heavy (non-hydrogen) atoms. The molecule has 0 bridgehead atoms. The lowest BCUT2D eigenvalue weighted by atomic mass is 10.1. The Morgan fingerprint density at radius 3 is 2.93 bits per heavy atom. The third kappa shape index (κ3) is 2.23. The Bertz CT molecular complexity index is 339. The molecule has 3 heteroatoms. The van der Waals surface area contributed by atoms with Crippen LogP contribution in [0.4, 0.5) is 0 Å². The number of nitrogens with zero attached hydrogens (tertiary/aromatic N) is 2. The van der Waals surface area contributed by atoms with Crippen molar-refractivity contribution in [3.8, 4) is 0 Å². The number of rotatable bonds is 3. The molecule has 0 radical (unpaired) electrons. The summed E-state index contributed by atoms with van der Waals surface area (Å²) in [5.41, 5.74) is 2.73. The van der Waals surface area contributed by atoms with E-state index in [9.17, 15) is 0 Å². The molecule has 0 saturated carbocycles. The Morgan fingerprint density at radius 1 is 1.40 bits per heavy atom. The number of hydrogen-bond donors (Lipinski definition) is 1. The first kappa shape index (κ1) is 10.7. The molecule has 1 N–H and O–H groups in total. The van der Waals surface area contributed by atoms with Gasteiger partial charge in [-0.15, -0.1) is 0 Å². The first-order valence-electron chi connectivity index (χ1n) is 5.96. The van der Waals surface area contributed by atoms with Crippen molar-refractivity contribution < 1.29 is 0 Å². The SMILES string of the molecule is Cc1nc(CNC(C)C)c2n1CCCC2. The number of aromatic nitrogens is 2. The number of aryl methyl sites for hydroxylation is 1. The highest BCUT2D eigenvalue weighted by molar-refractivity contribution is 5.18. The van der Waals surface area contributed by atoms with Gasteiger partial charge in [-0.1, -0.05) is 13.8 Å². The Labute approximate surface area is 91.9 Å². The van der Waals surface area contributed by atoms with Crippen LogP contribution in [0, 0.1) is 6.92 Å². The summed E-state index contributed by atoms with van der Waals surface area (Å²) in [6, 6.07) is 0.534. The van der Waals surface area contributed by atoms with Crippen LogP contribution < -0.4 is 5.32 Å². The molecule has 1 aromatic rings. The Kier molecular flexibility index (Phi) is 3.10. The second-order valence-corrected chi connectivity index (χ2v) is 4.70. The normalized spacial score (nSPS) is 15.7. The van der Waals surface area contributed by atoms with E-state index < -0.39 is 0 Å². The number of nitrogens with one attached hydrogen (secondary N) is 1. The standard InChI is InChI=1S/C12H21N3/c1-9(2)13-8-11-12-6-4-5-7-15(12)10(3)14-11/h9,13H,4-8H2,1-3H3. The van der Waals surface area contributed by atoms with Gasteiger partial charge in [-0.3, -0.25) is 0 Å². The Morgan fingerprint density at radius 2 is 2.20 bits per heavy atom. The smallest absolute Gasteiger partial charge is 0.106 e. The van der Waals surface area contributed by atoms with E-state index in [1.54, 1.807) is 0 Å². The third-order valence-electron chi connectivity index (χ3n) is 3.07. The maximum absolute atomic E-state index is 4.66. The average molecular weight is 207 g/mol. The van der Waals surface area contributed by atoms with E-state index >= 15 is 0 Å². The van der Waals surface area contributed by atoms with E-state index in [1.165, 1.54) is 36.5 Å². The van der Waals surface area contributed by atoms with Gasteiger partial charge in [-0.05, 0) is 26.2 Å². The van der Waals surface area contributed by atoms with Crippen LogP contribution in [0.15, 0.2) is 0 Å². The lowest BCUT2D eigenvalue weighted by Crippen LogP contribution is -2.23. The van der Waals surface area contributed by atoms with Gasteiger partial charge in [0.05, 0.1) is 5.69 Å². The van der Waals surface area contributed by atoms with Crippen molar-refractivity contribution >= 4 is 0 Å². The fourth-order valence-corrected chi connectivity index (χ4v) is 2.25. The highest BCUT2D eigenvalue weighted by Gasteiger charge is 2.17. The van der Waals surface area contributed by atoms with Crippen molar-refractivity contribution in [3.05, 3.63) is 17.2 Å². The predicted octanol–water partition coefficient (Wildman–Crippen LogP) is 2.03. The molecular weight excluding hydrogens is 186 g/mol. The van der Waals surface area contributed by atoms with Gasteiger partial charge in [-0.2, -0.15) is 0 Å². The van der Waals surface area contributed by atoms with E-state index in [4.69, 9.17) is 0 Å². The molecule has 1 aliphatic heterocycles. The van der Waals surface area contributed by atoms with Gasteiger partial charge in [0.2, 0.25) is 0 Å². The second kappa shape index (κ2) is 4.35. The third-order valence-corrected chi connectivity index (χ3v) is 3.07. The molecule has 0 saturated heterocycles. The van der Waals surface area contributed by atoms with Crippen molar-refractivity contribution in [2.75, 3.05) is 0 Å². The fourth-order valence-electron chi connectivity index (χ4n) is 2.25. The zero-order chi connectivity index (χ0) is 10.8. The molecule has 1 aliphatic rings. The van der Waals surface area contributed by atoms with Crippen molar-refractivity contribution in [1.82, 2.24) is 14.9 Å². The first-order chi connectivity index (χ1) is 7.18. The molecule has 0 amide bonds. The van der Waals surface area contributed by atoms with Crippen LogP contribution in [0.3, 0.4) is 0 Å². The van der Waals surface area contributed by atoms with Crippen molar-refractivity contribution in [3.63, 3.8) is 0 Å². The summed E-state index contributed by atoms with van der Waals surface area (Å²) in [6.45, 7) is 8.55. The average Bonchev–Trinajstić information content (AvgIpc) is 2.54. The lowest BCUT2D eigenvalue weighted by Gasteiger charge is -2.16. The molecule has 0 aromatic carbocycles. The summed E-state index contributed by atoms with van der Waals surface area (Å²) in [5, 5.41) is 3.45. The molecule has 84 valence electrons. The number of fused-ring (bicyclic) bond motifs is 1. The van der Waals surface area contributed by atoms with Crippen molar-refractivity contribution in [2.24, 2.45) is 0 Å². The molecule has 0 spiro atoms. The van der Waals surface area contributed by atoms with E-state index in [1.807, 2.05) is 0 Å². The topological polar surface area (TPSA) is 29.9 Å². The van der Waals surface area contributed by atoms with Gasteiger partial charge in [0, 0.05) is 24.8 Å². The predicted molar refractivity (Wildman–Crippen MR) is 61.9 cm³/mol. The summed E-state index contributed by atoms with van der Waals surface area (Å²) in [6.07, 6.45) is 3.83. The molecule has 0 unspecified atom stereocenters. The molecule has 0 aliphatic carbocycles. The number of hydrogen-bond acceptors (Lipinski definition) is 2. The molecular formula is C12H21N3. The molecule has 0 fully saturated rings. The quantitative estimate of drug-likeness (QED) is 0.822. The van der Waals surface area contributed by atoms with Gasteiger partial charge < -0.3 is 9.88 Å². The summed E-state index contributed by atoms with van der Waals surface area (Å²) < 4.78 is 2.39. The number of imidazole rings is 1.